The third-order valence-electron chi connectivity index (χ3n) is 4.63. The Labute approximate surface area is 146 Å². The van der Waals surface area contributed by atoms with Gasteiger partial charge >= 0.3 is 0 Å². The molecule has 0 amide bonds. The number of likely N-dealkylation sites (tertiary alicyclic amines) is 1. The largest absolute Gasteiger partial charge is 0.298 e. The van der Waals surface area contributed by atoms with Gasteiger partial charge in [0.25, 0.3) is 20.2 Å². The van der Waals surface area contributed by atoms with Crippen LogP contribution in [0.25, 0.3) is 0 Å². The van der Waals surface area contributed by atoms with Gasteiger partial charge in [0.1, 0.15) is 0 Å². The number of nitrogens with zero attached hydrogens (tertiary/aromatic N) is 1. The lowest BCUT2D eigenvalue weighted by Crippen LogP contribution is -2.49. The Balaban J connectivity index is 2.70. The van der Waals surface area contributed by atoms with E-state index >= 15 is 0 Å². The zero-order chi connectivity index (χ0) is 18.6. The van der Waals surface area contributed by atoms with E-state index in [4.69, 9.17) is 8.37 Å². The smallest absolute Gasteiger partial charge is 0.264 e. The van der Waals surface area contributed by atoms with Crippen LogP contribution in [0.1, 0.15) is 46.5 Å². The molecule has 9 heteroatoms. The van der Waals surface area contributed by atoms with Crippen molar-refractivity contribution in [3.05, 3.63) is 0 Å². The molecule has 0 N–H and O–H groups in total. The summed E-state index contributed by atoms with van der Waals surface area (Å²) >= 11 is 0. The molecule has 0 saturated carbocycles. The summed E-state index contributed by atoms with van der Waals surface area (Å²) in [6.45, 7) is 8.52. The minimum Gasteiger partial charge on any atom is -0.298 e. The van der Waals surface area contributed by atoms with E-state index in [0.29, 0.717) is 12.8 Å². The molecule has 1 saturated heterocycles. The van der Waals surface area contributed by atoms with E-state index in [1.165, 1.54) is 0 Å². The molecule has 7 nitrogen and oxygen atoms in total. The fourth-order valence-electron chi connectivity index (χ4n) is 3.10. The van der Waals surface area contributed by atoms with Crippen molar-refractivity contribution in [3.8, 4) is 0 Å². The highest BCUT2D eigenvalue weighted by molar-refractivity contribution is 7.86. The first-order chi connectivity index (χ1) is 10.7. The number of rotatable bonds is 8. The number of hydrogen-bond donors (Lipinski definition) is 0. The van der Waals surface area contributed by atoms with Crippen LogP contribution in [-0.4, -0.2) is 66.1 Å². The predicted molar refractivity (Wildman–Crippen MR) is 93.8 cm³/mol. The third-order valence-corrected chi connectivity index (χ3v) is 5.82. The second-order valence-corrected chi connectivity index (χ2v) is 11.0. The summed E-state index contributed by atoms with van der Waals surface area (Å²) in [5.74, 6) is 0. The average Bonchev–Trinajstić information content (AvgIpc) is 2.35. The van der Waals surface area contributed by atoms with Crippen LogP contribution in [0.5, 0.6) is 0 Å². The minimum absolute atomic E-state index is 0.0820. The Morgan fingerprint density at radius 3 is 1.54 bits per heavy atom. The van der Waals surface area contributed by atoms with E-state index in [1.807, 2.05) is 0 Å². The molecule has 1 heterocycles. The van der Waals surface area contributed by atoms with E-state index in [1.54, 1.807) is 0 Å². The molecule has 1 rings (SSSR count). The van der Waals surface area contributed by atoms with Crippen molar-refractivity contribution in [1.82, 2.24) is 4.90 Å². The number of piperidine rings is 1. The van der Waals surface area contributed by atoms with Crippen molar-refractivity contribution in [2.75, 3.05) is 38.8 Å². The van der Waals surface area contributed by atoms with E-state index in [-0.39, 0.29) is 24.2 Å². The fourth-order valence-corrected chi connectivity index (χ4v) is 3.87. The van der Waals surface area contributed by atoms with Gasteiger partial charge in [0.2, 0.25) is 0 Å². The summed E-state index contributed by atoms with van der Waals surface area (Å²) in [6, 6.07) is 0. The van der Waals surface area contributed by atoms with Gasteiger partial charge in [0.15, 0.2) is 0 Å². The van der Waals surface area contributed by atoms with Gasteiger partial charge in [-0.1, -0.05) is 0 Å². The molecule has 0 aliphatic carbocycles. The lowest BCUT2D eigenvalue weighted by molar-refractivity contribution is 0.0200. The first-order valence-electron chi connectivity index (χ1n) is 8.16. The van der Waals surface area contributed by atoms with Gasteiger partial charge < -0.3 is 0 Å². The zero-order valence-electron chi connectivity index (χ0n) is 15.4. The Morgan fingerprint density at radius 1 is 0.875 bits per heavy atom. The second kappa shape index (κ2) is 7.99. The van der Waals surface area contributed by atoms with Crippen LogP contribution in [0.4, 0.5) is 0 Å². The molecule has 0 spiro atoms. The Morgan fingerprint density at radius 2 is 1.25 bits per heavy atom. The van der Waals surface area contributed by atoms with Gasteiger partial charge in [0.05, 0.1) is 25.7 Å². The van der Waals surface area contributed by atoms with Crippen LogP contribution in [0.15, 0.2) is 0 Å². The quantitative estimate of drug-likeness (QED) is 0.586. The zero-order valence-corrected chi connectivity index (χ0v) is 17.0. The topological polar surface area (TPSA) is 90.0 Å². The van der Waals surface area contributed by atoms with Gasteiger partial charge in [-0.3, -0.25) is 13.3 Å². The minimum atomic E-state index is -3.47. The highest BCUT2D eigenvalue weighted by Crippen LogP contribution is 2.40. The Bertz CT molecular complexity index is 558. The van der Waals surface area contributed by atoms with Crippen LogP contribution < -0.4 is 0 Å². The maximum Gasteiger partial charge on any atom is 0.264 e. The predicted octanol–water partition coefficient (Wildman–Crippen LogP) is 1.60. The lowest BCUT2D eigenvalue weighted by Gasteiger charge is -2.46. The molecular formula is C15H31NO6S2. The van der Waals surface area contributed by atoms with Crippen molar-refractivity contribution in [2.24, 2.45) is 5.41 Å². The van der Waals surface area contributed by atoms with Gasteiger partial charge in [0, 0.05) is 5.54 Å². The first-order valence-corrected chi connectivity index (χ1v) is 11.8. The van der Waals surface area contributed by atoms with Crippen molar-refractivity contribution in [3.63, 3.8) is 0 Å². The molecule has 0 bridgehead atoms. The SMILES string of the molecule is CC(C)(C)N1CCC(CCOS(C)(=O)=O)(CCOS(C)(=O)=O)CC1. The van der Waals surface area contributed by atoms with E-state index < -0.39 is 20.2 Å². The molecule has 0 aromatic heterocycles. The van der Waals surface area contributed by atoms with Gasteiger partial charge in [-0.15, -0.1) is 0 Å². The second-order valence-electron chi connectivity index (χ2n) is 7.71. The van der Waals surface area contributed by atoms with Crippen LogP contribution >= 0.6 is 0 Å². The molecule has 0 unspecified atom stereocenters. The molecular weight excluding hydrogens is 354 g/mol. The maximum absolute atomic E-state index is 11.2. The van der Waals surface area contributed by atoms with Gasteiger partial charge in [-0.05, 0) is 65.0 Å². The van der Waals surface area contributed by atoms with Crippen LogP contribution in [-0.2, 0) is 28.6 Å². The molecule has 0 radical (unpaired) electrons. The monoisotopic (exact) mass is 385 g/mol. The maximum atomic E-state index is 11.2. The first kappa shape index (κ1) is 21.8. The molecule has 0 aromatic rings. The summed E-state index contributed by atoms with van der Waals surface area (Å²) in [6.07, 6.45) is 4.95. The van der Waals surface area contributed by atoms with Crippen molar-refractivity contribution in [2.45, 2.75) is 52.0 Å². The normalized spacial score (nSPS) is 20.2. The molecule has 0 aromatic carbocycles. The van der Waals surface area contributed by atoms with Crippen molar-refractivity contribution in [1.29, 1.82) is 0 Å². The highest BCUT2D eigenvalue weighted by atomic mass is 32.2. The molecule has 1 aliphatic heterocycles. The molecule has 1 aliphatic rings. The van der Waals surface area contributed by atoms with Gasteiger partial charge in [-0.25, -0.2) is 0 Å². The summed E-state index contributed by atoms with van der Waals surface area (Å²) in [5, 5.41) is 0. The standard InChI is InChI=1S/C15H31NO6S2/c1-14(2,3)16-10-6-15(7-11-16,8-12-21-23(4,17)18)9-13-22-24(5,19)20/h6-13H2,1-5H3. The number of hydrogen-bond acceptors (Lipinski definition) is 7. The summed E-state index contributed by atoms with van der Waals surface area (Å²) in [7, 11) is -6.93. The molecule has 144 valence electrons. The third kappa shape index (κ3) is 8.24. The molecule has 24 heavy (non-hydrogen) atoms. The Kier molecular flexibility index (Phi) is 7.26. The van der Waals surface area contributed by atoms with Crippen molar-refractivity contribution >= 4 is 20.2 Å². The van der Waals surface area contributed by atoms with E-state index in [0.717, 1.165) is 38.4 Å². The summed E-state index contributed by atoms with van der Waals surface area (Å²) < 4.78 is 54.5. The molecule has 0 atom stereocenters. The molecule has 1 fully saturated rings. The van der Waals surface area contributed by atoms with Crippen LogP contribution in [0, 0.1) is 5.41 Å². The lowest BCUT2D eigenvalue weighted by atomic mass is 9.73. The van der Waals surface area contributed by atoms with E-state index in [2.05, 4.69) is 25.7 Å². The Hall–Kier alpha value is -0.220. The van der Waals surface area contributed by atoms with Crippen LogP contribution in [0.3, 0.4) is 0 Å². The van der Waals surface area contributed by atoms with E-state index in [9.17, 15) is 16.8 Å². The van der Waals surface area contributed by atoms with Crippen molar-refractivity contribution < 1.29 is 25.2 Å². The average molecular weight is 386 g/mol. The fraction of sp³-hybridized carbons (Fsp3) is 1.00. The van der Waals surface area contributed by atoms with Gasteiger partial charge in [-0.2, -0.15) is 16.8 Å². The summed E-state index contributed by atoms with van der Waals surface area (Å²) in [4.78, 5) is 2.39. The highest BCUT2D eigenvalue weighted by Gasteiger charge is 2.37. The van der Waals surface area contributed by atoms with Crippen LogP contribution in [0.2, 0.25) is 0 Å². The summed E-state index contributed by atoms with van der Waals surface area (Å²) in [5.41, 5.74) is -0.0736.